The van der Waals surface area contributed by atoms with Gasteiger partial charge in [0.15, 0.2) is 0 Å². The maximum atomic E-state index is 11.2. The number of thiophene rings is 1. The number of rotatable bonds is 3. The Labute approximate surface area is 100 Å². The van der Waals surface area contributed by atoms with Crippen molar-refractivity contribution in [2.45, 2.75) is 46.0 Å². The van der Waals surface area contributed by atoms with E-state index >= 15 is 0 Å². The Bertz CT molecular complexity index is 406. The monoisotopic (exact) mass is 238 g/mol. The molecule has 0 amide bonds. The van der Waals surface area contributed by atoms with Gasteiger partial charge < -0.3 is 5.11 Å². The Hall–Kier alpha value is -0.830. The van der Waals surface area contributed by atoms with Crippen LogP contribution in [0.15, 0.2) is 0 Å². The molecule has 1 heterocycles. The van der Waals surface area contributed by atoms with Crippen LogP contribution >= 0.6 is 11.3 Å². The minimum Gasteiger partial charge on any atom is -0.477 e. The zero-order valence-corrected chi connectivity index (χ0v) is 10.7. The minimum absolute atomic E-state index is 0.602. The van der Waals surface area contributed by atoms with Gasteiger partial charge in [-0.1, -0.05) is 20.3 Å². The number of carboxylic acids is 1. The summed E-state index contributed by atoms with van der Waals surface area (Å²) < 4.78 is 0. The second-order valence-electron chi connectivity index (χ2n) is 4.71. The van der Waals surface area contributed by atoms with Crippen molar-refractivity contribution in [3.05, 3.63) is 20.9 Å². The molecule has 1 aliphatic carbocycles. The average molecular weight is 238 g/mol. The average Bonchev–Trinajstić information content (AvgIpc) is 2.58. The highest BCUT2D eigenvalue weighted by Gasteiger charge is 2.26. The van der Waals surface area contributed by atoms with Gasteiger partial charge in [-0.25, -0.2) is 4.79 Å². The molecule has 0 saturated carbocycles. The first-order chi connectivity index (χ1) is 7.63. The Morgan fingerprint density at radius 3 is 2.88 bits per heavy atom. The molecule has 1 aliphatic rings. The predicted molar refractivity (Wildman–Crippen MR) is 66.5 cm³/mol. The van der Waals surface area contributed by atoms with Crippen molar-refractivity contribution in [1.82, 2.24) is 0 Å². The summed E-state index contributed by atoms with van der Waals surface area (Å²) in [4.78, 5) is 13.1. The second-order valence-corrected chi connectivity index (χ2v) is 5.82. The van der Waals surface area contributed by atoms with E-state index in [0.29, 0.717) is 10.8 Å². The van der Waals surface area contributed by atoms with Crippen LogP contribution in [0.2, 0.25) is 0 Å². The van der Waals surface area contributed by atoms with Crippen LogP contribution in [-0.2, 0) is 19.3 Å². The van der Waals surface area contributed by atoms with Gasteiger partial charge in [0.05, 0.1) is 0 Å². The molecule has 1 N–H and O–H groups in total. The van der Waals surface area contributed by atoms with Crippen LogP contribution in [0.1, 0.15) is 52.4 Å². The van der Waals surface area contributed by atoms with Gasteiger partial charge in [-0.2, -0.15) is 0 Å². The van der Waals surface area contributed by atoms with E-state index in [9.17, 15) is 9.90 Å². The molecule has 0 spiro atoms. The Kier molecular flexibility index (Phi) is 3.33. The summed E-state index contributed by atoms with van der Waals surface area (Å²) in [6, 6.07) is 0. The molecule has 0 radical (unpaired) electrons. The van der Waals surface area contributed by atoms with Crippen molar-refractivity contribution in [3.8, 4) is 0 Å². The zero-order valence-electron chi connectivity index (χ0n) is 9.88. The number of aryl methyl sites for hydroxylation is 1. The number of aromatic carboxylic acids is 1. The first-order valence-electron chi connectivity index (χ1n) is 6.00. The van der Waals surface area contributed by atoms with Crippen LogP contribution < -0.4 is 0 Å². The summed E-state index contributed by atoms with van der Waals surface area (Å²) in [5.74, 6) is -0.0301. The summed E-state index contributed by atoms with van der Waals surface area (Å²) in [6.07, 6.45) is 5.30. The highest BCUT2D eigenvalue weighted by molar-refractivity contribution is 7.14. The molecule has 1 aromatic heterocycles. The lowest BCUT2D eigenvalue weighted by Crippen LogP contribution is -2.12. The maximum Gasteiger partial charge on any atom is 0.346 e. The Balaban J connectivity index is 2.44. The molecule has 2 rings (SSSR count). The maximum absolute atomic E-state index is 11.2. The van der Waals surface area contributed by atoms with Crippen LogP contribution in [-0.4, -0.2) is 11.1 Å². The molecule has 0 bridgehead atoms. The van der Waals surface area contributed by atoms with Crippen LogP contribution in [0.25, 0.3) is 0 Å². The summed E-state index contributed by atoms with van der Waals surface area (Å²) in [5.41, 5.74) is 2.50. The molecule has 1 aromatic rings. The van der Waals surface area contributed by atoms with Gasteiger partial charge in [-0.05, 0) is 42.7 Å². The number of hydrogen-bond acceptors (Lipinski definition) is 2. The predicted octanol–water partition coefficient (Wildman–Crippen LogP) is 3.52. The fourth-order valence-corrected chi connectivity index (χ4v) is 3.81. The van der Waals surface area contributed by atoms with E-state index in [-0.39, 0.29) is 0 Å². The molecule has 1 atom stereocenters. The topological polar surface area (TPSA) is 37.3 Å². The number of carbonyl (C=O) groups is 1. The minimum atomic E-state index is -0.738. The summed E-state index contributed by atoms with van der Waals surface area (Å²) in [7, 11) is 0. The van der Waals surface area contributed by atoms with Crippen LogP contribution in [0.3, 0.4) is 0 Å². The van der Waals surface area contributed by atoms with Gasteiger partial charge in [0.2, 0.25) is 0 Å². The third kappa shape index (κ3) is 2.01. The molecule has 0 fully saturated rings. The van der Waals surface area contributed by atoms with E-state index in [0.717, 1.165) is 37.7 Å². The van der Waals surface area contributed by atoms with E-state index in [4.69, 9.17) is 0 Å². The lowest BCUT2D eigenvalue weighted by molar-refractivity contribution is 0.0700. The van der Waals surface area contributed by atoms with Crippen molar-refractivity contribution < 1.29 is 9.90 Å². The second kappa shape index (κ2) is 4.58. The molecule has 3 heteroatoms. The van der Waals surface area contributed by atoms with Gasteiger partial charge in [0, 0.05) is 4.88 Å². The van der Waals surface area contributed by atoms with E-state index in [1.54, 1.807) is 0 Å². The van der Waals surface area contributed by atoms with Crippen molar-refractivity contribution >= 4 is 17.3 Å². The third-order valence-corrected chi connectivity index (χ3v) is 4.63. The van der Waals surface area contributed by atoms with Gasteiger partial charge in [0.25, 0.3) is 0 Å². The van der Waals surface area contributed by atoms with Crippen LogP contribution in [0.5, 0.6) is 0 Å². The molecule has 0 aromatic carbocycles. The number of hydrogen-bond donors (Lipinski definition) is 1. The van der Waals surface area contributed by atoms with Crippen LogP contribution in [0.4, 0.5) is 0 Å². The van der Waals surface area contributed by atoms with Crippen molar-refractivity contribution in [2.24, 2.45) is 5.92 Å². The normalized spacial score (nSPS) is 19.5. The fourth-order valence-electron chi connectivity index (χ4n) is 2.50. The van der Waals surface area contributed by atoms with E-state index in [1.165, 1.54) is 21.8 Å². The van der Waals surface area contributed by atoms with Crippen molar-refractivity contribution in [3.63, 3.8) is 0 Å². The lowest BCUT2D eigenvalue weighted by atomic mass is 9.84. The lowest BCUT2D eigenvalue weighted by Gasteiger charge is -2.20. The molecule has 0 aliphatic heterocycles. The van der Waals surface area contributed by atoms with Crippen LogP contribution in [0, 0.1) is 5.92 Å². The molecule has 1 unspecified atom stereocenters. The molecular weight excluding hydrogens is 220 g/mol. The SMILES string of the molecule is CCCc1sc(C(=O)O)c2c1CC(C)CC2. The largest absolute Gasteiger partial charge is 0.477 e. The molecule has 2 nitrogen and oxygen atoms in total. The quantitative estimate of drug-likeness (QED) is 0.874. The Morgan fingerprint density at radius 1 is 1.50 bits per heavy atom. The van der Waals surface area contributed by atoms with E-state index < -0.39 is 5.97 Å². The smallest absolute Gasteiger partial charge is 0.346 e. The van der Waals surface area contributed by atoms with E-state index in [1.807, 2.05) is 0 Å². The molecule has 0 saturated heterocycles. The fraction of sp³-hybridized carbons (Fsp3) is 0.615. The molecular formula is C13H18O2S. The first-order valence-corrected chi connectivity index (χ1v) is 6.81. The highest BCUT2D eigenvalue weighted by Crippen LogP contribution is 2.37. The van der Waals surface area contributed by atoms with Gasteiger partial charge in [-0.15, -0.1) is 11.3 Å². The Morgan fingerprint density at radius 2 is 2.25 bits per heavy atom. The van der Waals surface area contributed by atoms with Crippen molar-refractivity contribution in [1.29, 1.82) is 0 Å². The molecule has 16 heavy (non-hydrogen) atoms. The first kappa shape index (κ1) is 11.6. The van der Waals surface area contributed by atoms with Gasteiger partial charge >= 0.3 is 5.97 Å². The number of carboxylic acid groups (broad SMARTS) is 1. The number of fused-ring (bicyclic) bond motifs is 1. The summed E-state index contributed by atoms with van der Waals surface area (Å²) in [6.45, 7) is 4.41. The van der Waals surface area contributed by atoms with Gasteiger partial charge in [0.1, 0.15) is 4.88 Å². The standard InChI is InChI=1S/C13H18O2S/c1-3-4-11-10-7-8(2)5-6-9(10)12(16-11)13(14)15/h8H,3-7H2,1-2H3,(H,14,15). The summed E-state index contributed by atoms with van der Waals surface area (Å²) in [5, 5.41) is 9.20. The van der Waals surface area contributed by atoms with E-state index in [2.05, 4.69) is 13.8 Å². The molecule has 88 valence electrons. The van der Waals surface area contributed by atoms with Crippen molar-refractivity contribution in [2.75, 3.05) is 0 Å². The summed E-state index contributed by atoms with van der Waals surface area (Å²) >= 11 is 1.51. The highest BCUT2D eigenvalue weighted by atomic mass is 32.1. The zero-order chi connectivity index (χ0) is 11.7. The van der Waals surface area contributed by atoms with Gasteiger partial charge in [-0.3, -0.25) is 0 Å². The third-order valence-electron chi connectivity index (χ3n) is 3.31.